The molecule has 2 N–H and O–H groups in total. The van der Waals surface area contributed by atoms with E-state index in [2.05, 4.69) is 22.4 Å². The van der Waals surface area contributed by atoms with Crippen molar-refractivity contribution in [1.82, 2.24) is 10.7 Å². The minimum atomic E-state index is -0.265. The van der Waals surface area contributed by atoms with Crippen molar-refractivity contribution in [2.24, 2.45) is 5.10 Å². The predicted octanol–water partition coefficient (Wildman–Crippen LogP) is 3.39. The van der Waals surface area contributed by atoms with Crippen molar-refractivity contribution in [3.05, 3.63) is 78.1 Å². The number of ether oxygens (including phenoxy) is 1. The molecule has 2 aromatic rings. The van der Waals surface area contributed by atoms with E-state index < -0.39 is 0 Å². The van der Waals surface area contributed by atoms with Crippen molar-refractivity contribution >= 4 is 23.5 Å². The Morgan fingerprint density at radius 1 is 1.21 bits per heavy atom. The first-order chi connectivity index (χ1) is 11.7. The van der Waals surface area contributed by atoms with Gasteiger partial charge in [-0.1, -0.05) is 30.3 Å². The van der Waals surface area contributed by atoms with Gasteiger partial charge in [-0.15, -0.1) is 6.58 Å². The highest BCUT2D eigenvalue weighted by atomic mass is 32.1. The van der Waals surface area contributed by atoms with Crippen molar-refractivity contribution in [3.8, 4) is 5.75 Å². The molecule has 0 aliphatic carbocycles. The molecule has 0 bridgehead atoms. The Hall–Kier alpha value is -2.73. The first-order valence-corrected chi connectivity index (χ1v) is 7.74. The van der Waals surface area contributed by atoms with Crippen molar-refractivity contribution in [2.75, 3.05) is 6.54 Å². The summed E-state index contributed by atoms with van der Waals surface area (Å²) in [6, 6.07) is 13.7. The molecule has 2 aromatic carbocycles. The van der Waals surface area contributed by atoms with Gasteiger partial charge in [0, 0.05) is 12.1 Å². The summed E-state index contributed by atoms with van der Waals surface area (Å²) in [6.45, 7) is 4.51. The standard InChI is InChI=1S/C18H18FN3OS/c1-2-11-20-18(24)22-21-12-15-5-3-4-6-17(15)23-13-14-7-9-16(19)10-8-14/h2-10,12H,1,11,13H2,(H2,20,22,24)/b21-12+. The molecule has 0 aromatic heterocycles. The minimum Gasteiger partial charge on any atom is -0.488 e. The fourth-order valence-electron chi connectivity index (χ4n) is 1.83. The maximum absolute atomic E-state index is 12.9. The monoisotopic (exact) mass is 343 g/mol. The molecule has 0 saturated heterocycles. The lowest BCUT2D eigenvalue weighted by Gasteiger charge is -2.09. The molecular weight excluding hydrogens is 325 g/mol. The second kappa shape index (κ2) is 9.42. The lowest BCUT2D eigenvalue weighted by Crippen LogP contribution is -2.31. The Kier molecular flexibility index (Phi) is 6.91. The zero-order valence-electron chi connectivity index (χ0n) is 13.0. The third-order valence-electron chi connectivity index (χ3n) is 3.00. The largest absolute Gasteiger partial charge is 0.488 e. The third kappa shape index (κ3) is 5.81. The molecule has 124 valence electrons. The summed E-state index contributed by atoms with van der Waals surface area (Å²) in [5.74, 6) is 0.413. The van der Waals surface area contributed by atoms with Gasteiger partial charge in [-0.2, -0.15) is 5.10 Å². The average molecular weight is 343 g/mol. The van der Waals surface area contributed by atoms with Crippen molar-refractivity contribution in [3.63, 3.8) is 0 Å². The number of halogens is 1. The maximum atomic E-state index is 12.9. The number of hydrogen-bond acceptors (Lipinski definition) is 3. The van der Waals surface area contributed by atoms with E-state index >= 15 is 0 Å². The fourth-order valence-corrected chi connectivity index (χ4v) is 1.96. The summed E-state index contributed by atoms with van der Waals surface area (Å²) in [5, 5.41) is 7.40. The summed E-state index contributed by atoms with van der Waals surface area (Å²) in [5.41, 5.74) is 4.41. The van der Waals surface area contributed by atoms with E-state index in [4.69, 9.17) is 17.0 Å². The van der Waals surface area contributed by atoms with Crippen LogP contribution in [0.4, 0.5) is 4.39 Å². The van der Waals surface area contributed by atoms with Gasteiger partial charge in [0.05, 0.1) is 6.21 Å². The lowest BCUT2D eigenvalue weighted by atomic mass is 10.2. The first-order valence-electron chi connectivity index (χ1n) is 7.33. The summed E-state index contributed by atoms with van der Waals surface area (Å²) >= 11 is 5.05. The quantitative estimate of drug-likeness (QED) is 0.350. The molecule has 0 saturated carbocycles. The number of nitrogens with one attached hydrogen (secondary N) is 2. The minimum absolute atomic E-state index is 0.265. The molecule has 0 amide bonds. The van der Waals surface area contributed by atoms with Crippen LogP contribution in [0.25, 0.3) is 0 Å². The van der Waals surface area contributed by atoms with Crippen molar-refractivity contribution < 1.29 is 9.13 Å². The summed E-state index contributed by atoms with van der Waals surface area (Å²) in [6.07, 6.45) is 3.33. The fraction of sp³-hybridized carbons (Fsp3) is 0.111. The summed E-state index contributed by atoms with van der Waals surface area (Å²) in [4.78, 5) is 0. The first kappa shape index (κ1) is 17.6. The lowest BCUT2D eigenvalue weighted by molar-refractivity contribution is 0.305. The third-order valence-corrected chi connectivity index (χ3v) is 3.24. The predicted molar refractivity (Wildman–Crippen MR) is 98.7 cm³/mol. The second-order valence-electron chi connectivity index (χ2n) is 4.82. The molecule has 0 aliphatic heterocycles. The van der Waals surface area contributed by atoms with Gasteiger partial charge < -0.3 is 10.1 Å². The molecule has 0 spiro atoms. The molecule has 0 unspecified atom stereocenters. The number of nitrogens with zero attached hydrogens (tertiary/aromatic N) is 1. The van der Waals surface area contributed by atoms with E-state index in [0.717, 1.165) is 11.1 Å². The Morgan fingerprint density at radius 3 is 2.71 bits per heavy atom. The number of thiocarbonyl (C=S) groups is 1. The Balaban J connectivity index is 1.95. The van der Waals surface area contributed by atoms with E-state index in [-0.39, 0.29) is 5.82 Å². The van der Waals surface area contributed by atoms with E-state index in [1.165, 1.54) is 12.1 Å². The molecular formula is C18H18FN3OS. The smallest absolute Gasteiger partial charge is 0.187 e. The molecule has 2 rings (SSSR count). The van der Waals surface area contributed by atoms with E-state index in [0.29, 0.717) is 24.0 Å². The molecule has 0 radical (unpaired) electrons. The van der Waals surface area contributed by atoms with E-state index in [1.807, 2.05) is 24.3 Å². The van der Waals surface area contributed by atoms with Crippen LogP contribution < -0.4 is 15.5 Å². The second-order valence-corrected chi connectivity index (χ2v) is 5.23. The number of rotatable bonds is 7. The van der Waals surface area contributed by atoms with Crippen LogP contribution in [0.15, 0.2) is 66.3 Å². The van der Waals surface area contributed by atoms with Gasteiger partial charge in [-0.05, 0) is 42.0 Å². The van der Waals surface area contributed by atoms with E-state index in [1.54, 1.807) is 24.4 Å². The molecule has 0 heterocycles. The van der Waals surface area contributed by atoms with Gasteiger partial charge in [0.1, 0.15) is 18.2 Å². The number of hydrazone groups is 1. The zero-order valence-corrected chi connectivity index (χ0v) is 13.9. The van der Waals surface area contributed by atoms with Crippen molar-refractivity contribution in [2.45, 2.75) is 6.61 Å². The molecule has 0 fully saturated rings. The van der Waals surface area contributed by atoms with Crippen LogP contribution in [0.5, 0.6) is 5.75 Å². The van der Waals surface area contributed by atoms with E-state index in [9.17, 15) is 4.39 Å². The van der Waals surface area contributed by atoms with Crippen LogP contribution in [0, 0.1) is 5.82 Å². The highest BCUT2D eigenvalue weighted by Gasteiger charge is 2.02. The Labute approximate surface area is 146 Å². The van der Waals surface area contributed by atoms with Gasteiger partial charge in [0.15, 0.2) is 5.11 Å². The van der Waals surface area contributed by atoms with Crippen LogP contribution in [-0.4, -0.2) is 17.9 Å². The number of benzene rings is 2. The normalized spacial score (nSPS) is 10.4. The van der Waals surface area contributed by atoms with Gasteiger partial charge in [-0.25, -0.2) is 4.39 Å². The Bertz CT molecular complexity index is 716. The van der Waals surface area contributed by atoms with Crippen LogP contribution in [-0.2, 0) is 6.61 Å². The maximum Gasteiger partial charge on any atom is 0.187 e. The molecule has 4 nitrogen and oxygen atoms in total. The van der Waals surface area contributed by atoms with Crippen LogP contribution in [0.3, 0.4) is 0 Å². The van der Waals surface area contributed by atoms with Crippen LogP contribution in [0.1, 0.15) is 11.1 Å². The Morgan fingerprint density at radius 2 is 1.96 bits per heavy atom. The molecule has 24 heavy (non-hydrogen) atoms. The highest BCUT2D eigenvalue weighted by Crippen LogP contribution is 2.17. The van der Waals surface area contributed by atoms with Gasteiger partial charge >= 0.3 is 0 Å². The molecule has 0 atom stereocenters. The topological polar surface area (TPSA) is 45.7 Å². The summed E-state index contributed by atoms with van der Waals surface area (Å²) < 4.78 is 18.7. The highest BCUT2D eigenvalue weighted by molar-refractivity contribution is 7.80. The summed E-state index contributed by atoms with van der Waals surface area (Å²) in [7, 11) is 0. The molecule has 6 heteroatoms. The van der Waals surface area contributed by atoms with Crippen LogP contribution >= 0.6 is 12.2 Å². The molecule has 0 aliphatic rings. The number of hydrogen-bond donors (Lipinski definition) is 2. The zero-order chi connectivity index (χ0) is 17.2. The average Bonchev–Trinajstić information content (AvgIpc) is 2.60. The van der Waals surface area contributed by atoms with Gasteiger partial charge in [0.2, 0.25) is 0 Å². The van der Waals surface area contributed by atoms with Gasteiger partial charge in [0.25, 0.3) is 0 Å². The van der Waals surface area contributed by atoms with Gasteiger partial charge in [-0.3, -0.25) is 5.43 Å². The number of para-hydroxylation sites is 1. The van der Waals surface area contributed by atoms with Crippen molar-refractivity contribution in [1.29, 1.82) is 0 Å². The SMILES string of the molecule is C=CCNC(=S)N/N=C/c1ccccc1OCc1ccc(F)cc1. The van der Waals surface area contributed by atoms with Crippen LogP contribution in [0.2, 0.25) is 0 Å².